The van der Waals surface area contributed by atoms with E-state index in [9.17, 15) is 59.4 Å². The second-order valence-electron chi connectivity index (χ2n) is 15.5. The summed E-state index contributed by atoms with van der Waals surface area (Å²) in [5, 5.41) is 57.2. The number of ether oxygens (including phenoxy) is 4. The van der Waals surface area contributed by atoms with Crippen LogP contribution in [0, 0.1) is 34.9 Å². The Morgan fingerprint density at radius 1 is 0.648 bits per heavy atom. The smallest absolute Gasteiger partial charge is 0.207 e. The number of rotatable bonds is 12. The quantitative estimate of drug-likeness (QED) is 0.0828. The monoisotopic (exact) mass is 1120 g/mol. The molecule has 8 rings (SSSR count). The topological polar surface area (TPSA) is 230 Å². The molecule has 0 aliphatic carbocycles. The van der Waals surface area contributed by atoms with Gasteiger partial charge in [-0.25, -0.2) is 44.1 Å². The van der Waals surface area contributed by atoms with E-state index in [0.29, 0.717) is 12.1 Å². The van der Waals surface area contributed by atoms with Crippen molar-refractivity contribution in [3.05, 3.63) is 128 Å². The number of benzene rings is 4. The molecule has 71 heavy (non-hydrogen) atoms. The van der Waals surface area contributed by atoms with E-state index in [4.69, 9.17) is 65.4 Å². The Hall–Kier alpha value is -4.32. The second kappa shape index (κ2) is 22.4. The van der Waals surface area contributed by atoms with Crippen LogP contribution in [-0.2, 0) is 39.6 Å². The Balaban J connectivity index is 0.000000209. The Morgan fingerprint density at radius 3 is 1.52 bits per heavy atom. The summed E-state index contributed by atoms with van der Waals surface area (Å²) in [7, 11) is -3.78. The third-order valence-corrected chi connectivity index (χ3v) is 16.1. The normalized spacial score (nSPS) is 25.1. The minimum atomic E-state index is -4.35. The van der Waals surface area contributed by atoms with E-state index in [-0.39, 0.29) is 52.4 Å². The molecule has 6 aromatic rings. The number of methoxy groups -OCH3 is 2. The number of nitrogens with zero attached hydrogens (tertiary/aromatic N) is 6. The molecule has 2 saturated heterocycles. The molecule has 2 aliphatic rings. The molecule has 2 aliphatic heterocycles. The van der Waals surface area contributed by atoms with Gasteiger partial charge in [-0.15, -0.1) is 10.2 Å². The number of aromatic nitrogens is 6. The average Bonchev–Trinajstić information content (AvgIpc) is 4.05. The lowest BCUT2D eigenvalue weighted by atomic mass is 9.97. The van der Waals surface area contributed by atoms with Crippen LogP contribution in [-0.4, -0.2) is 138 Å². The van der Waals surface area contributed by atoms with Crippen molar-refractivity contribution in [3.8, 4) is 22.5 Å². The maximum atomic E-state index is 13.7. The van der Waals surface area contributed by atoms with E-state index in [1.807, 2.05) is 0 Å². The van der Waals surface area contributed by atoms with Crippen molar-refractivity contribution in [2.45, 2.75) is 69.4 Å². The van der Waals surface area contributed by atoms with Crippen molar-refractivity contribution in [2.24, 2.45) is 0 Å². The zero-order valence-electron chi connectivity index (χ0n) is 36.0. The predicted octanol–water partition coefficient (Wildman–Crippen LogP) is 5.89. The van der Waals surface area contributed by atoms with Gasteiger partial charge in [0.1, 0.15) is 60.1 Å². The highest BCUT2D eigenvalue weighted by atomic mass is 35.5. The number of sulfone groups is 1. The van der Waals surface area contributed by atoms with Crippen LogP contribution >= 0.6 is 46.4 Å². The van der Waals surface area contributed by atoms with Gasteiger partial charge in [0.05, 0.1) is 61.4 Å². The summed E-state index contributed by atoms with van der Waals surface area (Å²) < 4.78 is 146. The molecule has 2 aromatic heterocycles. The molecule has 0 spiro atoms. The highest BCUT2D eigenvalue weighted by molar-refractivity contribution is 7.92. The number of aliphatic hydroxyl groups excluding tert-OH is 4. The van der Waals surface area contributed by atoms with E-state index >= 15 is 0 Å². The van der Waals surface area contributed by atoms with Gasteiger partial charge in [-0.1, -0.05) is 56.8 Å². The SMILES string of the molecule is CO[C@@H]1[C@@H](n2cc(-c3cc(F)c(F)c(F)c3)nn2)[C@@H](O)[C@@H](CO)O[C@@H]1S(=O)(=O)c1ccc(Cl)c(Cl)c1.CO[C@@H]1[C@@H](n2cc(-c3cc(F)c(F)c(F)c3)nn2)[C@@H](O)[C@@H](CO)O[C@@H]1S(=O)c1ccc(Cl)c(Cl)c1. The van der Waals surface area contributed by atoms with Gasteiger partial charge in [0, 0.05) is 30.2 Å². The van der Waals surface area contributed by atoms with Gasteiger partial charge in [0.15, 0.2) is 45.8 Å². The first kappa shape index (κ1) is 54.5. The Labute approximate surface area is 420 Å². The summed E-state index contributed by atoms with van der Waals surface area (Å²) in [4.78, 5) is 0.00198. The second-order valence-corrected chi connectivity index (χ2v) is 20.7. The largest absolute Gasteiger partial charge is 0.394 e. The maximum absolute atomic E-state index is 13.7. The van der Waals surface area contributed by atoms with Crippen LogP contribution in [0.4, 0.5) is 26.3 Å². The summed E-state index contributed by atoms with van der Waals surface area (Å²) in [5.41, 5.74) is -3.34. The molecule has 17 nitrogen and oxygen atoms in total. The third-order valence-electron chi connectivity index (χ3n) is 11.2. The summed E-state index contributed by atoms with van der Waals surface area (Å²) in [5.74, 6) is -9.01. The van der Waals surface area contributed by atoms with E-state index in [1.165, 1.54) is 50.7 Å². The van der Waals surface area contributed by atoms with E-state index in [1.54, 1.807) is 0 Å². The van der Waals surface area contributed by atoms with Crippen molar-refractivity contribution in [1.82, 2.24) is 30.0 Å². The van der Waals surface area contributed by atoms with Gasteiger partial charge < -0.3 is 39.4 Å². The minimum absolute atomic E-state index is 0.0287. The van der Waals surface area contributed by atoms with Crippen LogP contribution in [0.15, 0.2) is 82.8 Å². The Bertz CT molecular complexity index is 3010. The molecular weight excluding hydrogens is 1080 g/mol. The van der Waals surface area contributed by atoms with Gasteiger partial charge in [-0.2, -0.15) is 0 Å². The molecule has 11 atom stereocenters. The highest BCUT2D eigenvalue weighted by Crippen LogP contribution is 2.39. The van der Waals surface area contributed by atoms with Gasteiger partial charge in [-0.3, -0.25) is 4.21 Å². The van der Waals surface area contributed by atoms with Crippen molar-refractivity contribution < 1.29 is 78.3 Å². The number of aliphatic hydroxyl groups is 4. The Morgan fingerprint density at radius 2 is 1.08 bits per heavy atom. The number of hydrogen-bond acceptors (Lipinski definition) is 15. The van der Waals surface area contributed by atoms with E-state index in [2.05, 4.69) is 20.6 Å². The van der Waals surface area contributed by atoms with Crippen LogP contribution in [0.5, 0.6) is 0 Å². The zero-order chi connectivity index (χ0) is 51.8. The fourth-order valence-corrected chi connectivity index (χ4v) is 11.6. The summed E-state index contributed by atoms with van der Waals surface area (Å²) in [6.45, 7) is -1.39. The van der Waals surface area contributed by atoms with Crippen molar-refractivity contribution in [2.75, 3.05) is 27.4 Å². The number of halogens is 10. The van der Waals surface area contributed by atoms with Gasteiger partial charge in [0.25, 0.3) is 0 Å². The first-order valence-corrected chi connectivity index (χ1v) is 24.5. The van der Waals surface area contributed by atoms with Gasteiger partial charge in [-0.05, 0) is 60.7 Å². The van der Waals surface area contributed by atoms with E-state index < -0.39 is 128 Å². The predicted molar refractivity (Wildman–Crippen MR) is 240 cm³/mol. The molecule has 29 heteroatoms. The van der Waals surface area contributed by atoms with Gasteiger partial charge >= 0.3 is 0 Å². The molecule has 382 valence electrons. The van der Waals surface area contributed by atoms with Crippen molar-refractivity contribution >= 4 is 67.0 Å². The standard InChI is InChI=1S/C21H18Cl2F3N3O6S.C21H18Cl2F3N3O5S/c1-34-20-18(29-7-15(27-28-29)9-4-13(24)17(26)14(25)5-9)19(31)16(8-30)35-21(20)36(32,33)10-2-3-11(22)12(23)6-10;1-33-20-18(29-7-15(27-28-29)9-4-13(24)17(26)14(25)5-9)19(31)16(8-30)34-21(20)35(32)10-2-3-11(22)12(23)6-10/h2-7,16,18-21,30-31H,8H2,1H3;2-7,16,18-21,30-31H,8H2,1H3/t16-,18+,19+,20-,21-;16-,18+,19+,20-,21-,35?/m11/s1. The van der Waals surface area contributed by atoms with Gasteiger partial charge in [0.2, 0.25) is 9.84 Å². The highest BCUT2D eigenvalue weighted by Gasteiger charge is 2.53. The molecule has 4 heterocycles. The van der Waals surface area contributed by atoms with Crippen LogP contribution < -0.4 is 0 Å². The van der Waals surface area contributed by atoms with Crippen LogP contribution in [0.2, 0.25) is 20.1 Å². The van der Waals surface area contributed by atoms with Crippen molar-refractivity contribution in [3.63, 3.8) is 0 Å². The molecule has 0 radical (unpaired) electrons. The lowest BCUT2D eigenvalue weighted by Crippen LogP contribution is -2.58. The molecular formula is C42H36Cl4F6N6O11S2. The molecule has 1 unspecified atom stereocenters. The third kappa shape index (κ3) is 11.0. The van der Waals surface area contributed by atoms with E-state index in [0.717, 1.165) is 33.8 Å². The average molecular weight is 1120 g/mol. The van der Waals surface area contributed by atoms with Crippen LogP contribution in [0.3, 0.4) is 0 Å². The lowest BCUT2D eigenvalue weighted by molar-refractivity contribution is -0.188. The summed E-state index contributed by atoms with van der Waals surface area (Å²) >= 11 is 23.8. The fraction of sp³-hybridized carbons (Fsp3) is 0.333. The minimum Gasteiger partial charge on any atom is -0.394 e. The zero-order valence-corrected chi connectivity index (χ0v) is 40.7. The van der Waals surface area contributed by atoms with Crippen molar-refractivity contribution in [1.29, 1.82) is 0 Å². The number of hydrogen-bond donors (Lipinski definition) is 4. The molecule has 0 amide bonds. The van der Waals surface area contributed by atoms with Crippen LogP contribution in [0.1, 0.15) is 12.1 Å². The molecule has 0 bridgehead atoms. The molecule has 4 aromatic carbocycles. The first-order valence-electron chi connectivity index (χ1n) is 20.3. The summed E-state index contributed by atoms with van der Waals surface area (Å²) in [6, 6.07) is 8.48. The molecule has 2 fully saturated rings. The first-order chi connectivity index (χ1) is 33.6. The molecule has 4 N–H and O–H groups in total. The Kier molecular flexibility index (Phi) is 17.2. The fourth-order valence-electron chi connectivity index (χ4n) is 7.69. The van der Waals surface area contributed by atoms with Crippen LogP contribution in [0.25, 0.3) is 22.5 Å². The molecule has 0 saturated carbocycles. The summed E-state index contributed by atoms with van der Waals surface area (Å²) in [6.07, 6.45) is -5.59. The lowest BCUT2D eigenvalue weighted by Gasteiger charge is -2.43. The maximum Gasteiger partial charge on any atom is 0.207 e.